The Labute approximate surface area is 194 Å². The number of carbonyl (C=O) groups excluding carboxylic acids is 1. The number of hydrogen-bond acceptors (Lipinski definition) is 5. The number of alkyl halides is 3. The fourth-order valence-corrected chi connectivity index (χ4v) is 3.41. The summed E-state index contributed by atoms with van der Waals surface area (Å²) in [6.07, 6.45) is -3.68. The Morgan fingerprint density at radius 1 is 1.09 bits per heavy atom. The first-order chi connectivity index (χ1) is 16.1. The van der Waals surface area contributed by atoms with E-state index in [2.05, 4.69) is 10.1 Å². The molecular formula is C22H14ClF4N5O2. The number of para-hydroxylation sites is 1. The molecule has 2 aromatic carbocycles. The summed E-state index contributed by atoms with van der Waals surface area (Å²) < 4.78 is 62.9. The number of nitrogens with zero attached hydrogens (tertiary/aromatic N) is 3. The summed E-state index contributed by atoms with van der Waals surface area (Å²) in [5, 5.41) is 3.91. The van der Waals surface area contributed by atoms with E-state index in [1.165, 1.54) is 42.6 Å². The SMILES string of the molecule is NC(=O)c1c(-c2ccc(Oc3ccnc(N)c3Cl)cc2F)nn(-c2ccccc2)c1C(F)(F)F. The Hall–Kier alpha value is -4.12. The number of pyridine rings is 1. The second kappa shape index (κ2) is 8.67. The number of ether oxygens (including phenoxy) is 1. The highest BCUT2D eigenvalue weighted by atomic mass is 35.5. The summed E-state index contributed by atoms with van der Waals surface area (Å²) in [5.41, 5.74) is 7.56. The zero-order chi connectivity index (χ0) is 24.6. The molecule has 0 saturated carbocycles. The molecule has 2 heterocycles. The van der Waals surface area contributed by atoms with Gasteiger partial charge in [0.25, 0.3) is 5.91 Å². The fraction of sp³-hybridized carbons (Fsp3) is 0.0455. The minimum absolute atomic E-state index is 0.000535. The molecular weight excluding hydrogens is 478 g/mol. The first kappa shape index (κ1) is 23.1. The molecule has 0 aliphatic carbocycles. The third-order valence-corrected chi connectivity index (χ3v) is 5.09. The number of rotatable bonds is 5. The normalized spacial score (nSPS) is 11.4. The van der Waals surface area contributed by atoms with Crippen LogP contribution in [0.3, 0.4) is 0 Å². The van der Waals surface area contributed by atoms with Crippen molar-refractivity contribution >= 4 is 23.3 Å². The summed E-state index contributed by atoms with van der Waals surface area (Å²) in [7, 11) is 0. The van der Waals surface area contributed by atoms with Crippen LogP contribution in [0.4, 0.5) is 23.4 Å². The average Bonchev–Trinajstić information content (AvgIpc) is 3.19. The number of nitrogens with two attached hydrogens (primary N) is 2. The lowest BCUT2D eigenvalue weighted by molar-refractivity contribution is -0.143. The summed E-state index contributed by atoms with van der Waals surface area (Å²) >= 11 is 6.01. The van der Waals surface area contributed by atoms with Crippen LogP contribution in [0.1, 0.15) is 16.1 Å². The van der Waals surface area contributed by atoms with E-state index >= 15 is 4.39 Å². The minimum Gasteiger partial charge on any atom is -0.455 e. The van der Waals surface area contributed by atoms with E-state index in [0.717, 1.165) is 12.1 Å². The van der Waals surface area contributed by atoms with Crippen molar-refractivity contribution in [2.75, 3.05) is 5.73 Å². The number of nitrogen functional groups attached to an aromatic ring is 1. The summed E-state index contributed by atoms with van der Waals surface area (Å²) in [5.74, 6) is -2.37. The number of amides is 1. The Morgan fingerprint density at radius 3 is 2.41 bits per heavy atom. The van der Waals surface area contributed by atoms with E-state index in [9.17, 15) is 18.0 Å². The Kier molecular flexibility index (Phi) is 5.88. The number of primary amides is 1. The molecule has 0 aliphatic heterocycles. The molecule has 7 nitrogen and oxygen atoms in total. The second-order valence-electron chi connectivity index (χ2n) is 6.93. The van der Waals surface area contributed by atoms with Crippen LogP contribution < -0.4 is 16.2 Å². The third kappa shape index (κ3) is 4.25. The van der Waals surface area contributed by atoms with E-state index in [1.807, 2.05) is 0 Å². The molecule has 174 valence electrons. The first-order valence-corrected chi connectivity index (χ1v) is 9.89. The number of aromatic nitrogens is 3. The van der Waals surface area contributed by atoms with Gasteiger partial charge in [0.05, 0.1) is 11.3 Å². The predicted molar refractivity (Wildman–Crippen MR) is 116 cm³/mol. The van der Waals surface area contributed by atoms with Crippen molar-refractivity contribution in [3.63, 3.8) is 0 Å². The Bertz CT molecular complexity index is 1390. The van der Waals surface area contributed by atoms with E-state index in [0.29, 0.717) is 4.68 Å². The quantitative estimate of drug-likeness (QED) is 0.372. The van der Waals surface area contributed by atoms with Gasteiger partial charge in [0.1, 0.15) is 28.1 Å². The van der Waals surface area contributed by atoms with E-state index in [-0.39, 0.29) is 33.6 Å². The van der Waals surface area contributed by atoms with Gasteiger partial charge >= 0.3 is 6.18 Å². The van der Waals surface area contributed by atoms with Crippen LogP contribution in [0.15, 0.2) is 60.8 Å². The lowest BCUT2D eigenvalue weighted by Crippen LogP contribution is -2.21. The lowest BCUT2D eigenvalue weighted by atomic mass is 10.0. The zero-order valence-electron chi connectivity index (χ0n) is 17.0. The van der Waals surface area contributed by atoms with Gasteiger partial charge in [-0.2, -0.15) is 18.3 Å². The molecule has 0 saturated heterocycles. The molecule has 34 heavy (non-hydrogen) atoms. The number of benzene rings is 2. The predicted octanol–water partition coefficient (Wildman–Crippen LogP) is 5.22. The van der Waals surface area contributed by atoms with Gasteiger partial charge in [-0.15, -0.1) is 0 Å². The Balaban J connectivity index is 1.85. The summed E-state index contributed by atoms with van der Waals surface area (Å²) in [4.78, 5) is 15.9. The van der Waals surface area contributed by atoms with Gasteiger partial charge in [-0.25, -0.2) is 14.1 Å². The van der Waals surface area contributed by atoms with Crippen molar-refractivity contribution < 1.29 is 27.1 Å². The van der Waals surface area contributed by atoms with Crippen molar-refractivity contribution in [1.29, 1.82) is 0 Å². The van der Waals surface area contributed by atoms with Crippen molar-refractivity contribution in [3.8, 4) is 28.4 Å². The van der Waals surface area contributed by atoms with Crippen LogP contribution >= 0.6 is 11.6 Å². The fourth-order valence-electron chi connectivity index (χ4n) is 3.26. The molecule has 4 rings (SSSR count). The highest BCUT2D eigenvalue weighted by molar-refractivity contribution is 6.34. The van der Waals surface area contributed by atoms with Gasteiger partial charge in [-0.1, -0.05) is 29.8 Å². The van der Waals surface area contributed by atoms with Crippen molar-refractivity contribution in [3.05, 3.63) is 82.9 Å². The summed E-state index contributed by atoms with van der Waals surface area (Å²) in [6.45, 7) is 0. The number of carbonyl (C=O) groups is 1. The second-order valence-corrected chi connectivity index (χ2v) is 7.31. The van der Waals surface area contributed by atoms with Crippen molar-refractivity contribution in [1.82, 2.24) is 14.8 Å². The topological polar surface area (TPSA) is 109 Å². The van der Waals surface area contributed by atoms with Crippen LogP contribution in [-0.2, 0) is 6.18 Å². The van der Waals surface area contributed by atoms with Crippen LogP contribution in [-0.4, -0.2) is 20.7 Å². The van der Waals surface area contributed by atoms with Gasteiger partial charge in [0, 0.05) is 23.9 Å². The molecule has 4 N–H and O–H groups in total. The third-order valence-electron chi connectivity index (χ3n) is 4.71. The number of hydrogen-bond donors (Lipinski definition) is 2. The van der Waals surface area contributed by atoms with Gasteiger partial charge in [0.15, 0.2) is 11.4 Å². The molecule has 2 aromatic heterocycles. The standard InChI is InChI=1S/C22H14ClF4N5O2/c23-17-15(8-9-30-20(17)28)34-12-6-7-13(14(24)10-12)18-16(21(29)33)19(22(25,26)27)32(31-18)11-4-2-1-3-5-11/h1-10H,(H2,28,30)(H2,29,33). The lowest BCUT2D eigenvalue weighted by Gasteiger charge is -2.11. The van der Waals surface area contributed by atoms with Gasteiger partial charge in [0.2, 0.25) is 0 Å². The molecule has 0 radical (unpaired) electrons. The average molecular weight is 492 g/mol. The van der Waals surface area contributed by atoms with E-state index in [4.69, 9.17) is 27.8 Å². The maximum absolute atomic E-state index is 15.1. The van der Waals surface area contributed by atoms with Gasteiger partial charge in [-0.05, 0) is 24.3 Å². The summed E-state index contributed by atoms with van der Waals surface area (Å²) in [6, 6.07) is 12.0. The maximum Gasteiger partial charge on any atom is 0.434 e. The van der Waals surface area contributed by atoms with Crippen molar-refractivity contribution in [2.45, 2.75) is 6.18 Å². The molecule has 1 amide bonds. The Morgan fingerprint density at radius 2 is 1.79 bits per heavy atom. The largest absolute Gasteiger partial charge is 0.455 e. The molecule has 0 fully saturated rings. The maximum atomic E-state index is 15.1. The highest BCUT2D eigenvalue weighted by Crippen LogP contribution is 2.40. The van der Waals surface area contributed by atoms with Gasteiger partial charge < -0.3 is 16.2 Å². The zero-order valence-corrected chi connectivity index (χ0v) is 17.7. The molecule has 4 aromatic rings. The smallest absolute Gasteiger partial charge is 0.434 e. The van der Waals surface area contributed by atoms with Crippen LogP contribution in [0.2, 0.25) is 5.02 Å². The number of anilines is 1. The molecule has 12 heteroatoms. The van der Waals surface area contributed by atoms with Gasteiger partial charge in [-0.3, -0.25) is 4.79 Å². The van der Waals surface area contributed by atoms with E-state index in [1.54, 1.807) is 6.07 Å². The van der Waals surface area contributed by atoms with Crippen LogP contribution in [0, 0.1) is 5.82 Å². The van der Waals surface area contributed by atoms with E-state index < -0.39 is 34.9 Å². The molecule has 0 bridgehead atoms. The first-order valence-electron chi connectivity index (χ1n) is 9.51. The van der Waals surface area contributed by atoms with Crippen LogP contribution in [0.5, 0.6) is 11.5 Å². The molecule has 0 unspecified atom stereocenters. The van der Waals surface area contributed by atoms with Crippen molar-refractivity contribution in [2.24, 2.45) is 5.73 Å². The molecule has 0 atom stereocenters. The van der Waals surface area contributed by atoms with Crippen LogP contribution in [0.25, 0.3) is 16.9 Å². The molecule has 0 aliphatic rings. The monoisotopic (exact) mass is 491 g/mol. The minimum atomic E-state index is -5.01. The number of halogens is 5. The highest BCUT2D eigenvalue weighted by Gasteiger charge is 2.42. The molecule has 0 spiro atoms.